The topological polar surface area (TPSA) is 77.7 Å². The summed E-state index contributed by atoms with van der Waals surface area (Å²) in [6.45, 7) is 5.66. The average molecular weight is 377 g/mol. The molecule has 2 aromatic heterocycles. The minimum Gasteiger partial charge on any atom is -0.337 e. The highest BCUT2D eigenvalue weighted by Gasteiger charge is 2.29. The van der Waals surface area contributed by atoms with Gasteiger partial charge in [-0.25, -0.2) is 0 Å². The normalized spacial score (nSPS) is 17.2. The van der Waals surface area contributed by atoms with E-state index in [2.05, 4.69) is 58.5 Å². The molecule has 3 aromatic rings. The van der Waals surface area contributed by atoms with Gasteiger partial charge in [-0.1, -0.05) is 44.2 Å². The van der Waals surface area contributed by atoms with Crippen LogP contribution in [-0.2, 0) is 6.42 Å². The fourth-order valence-corrected chi connectivity index (χ4v) is 3.93. The van der Waals surface area contributed by atoms with E-state index in [-0.39, 0.29) is 11.8 Å². The zero-order valence-electron chi connectivity index (χ0n) is 16.5. The van der Waals surface area contributed by atoms with Crippen molar-refractivity contribution in [2.75, 3.05) is 13.1 Å². The molecule has 1 aliphatic heterocycles. The molecule has 6 nitrogen and oxygen atoms in total. The summed E-state index contributed by atoms with van der Waals surface area (Å²) in [5.41, 5.74) is 5.15. The van der Waals surface area contributed by atoms with Gasteiger partial charge in [0.1, 0.15) is 5.69 Å². The first-order valence-corrected chi connectivity index (χ1v) is 10.0. The molecule has 0 saturated carbocycles. The van der Waals surface area contributed by atoms with Crippen LogP contribution in [0.5, 0.6) is 0 Å². The van der Waals surface area contributed by atoms with Crippen LogP contribution >= 0.6 is 0 Å². The smallest absolute Gasteiger partial charge is 0.274 e. The Bertz CT molecular complexity index is 927. The van der Waals surface area contributed by atoms with E-state index in [1.807, 2.05) is 23.2 Å². The highest BCUT2D eigenvalue weighted by atomic mass is 16.2. The number of nitrogens with one attached hydrogen (secondary N) is 2. The van der Waals surface area contributed by atoms with Crippen molar-refractivity contribution < 1.29 is 4.79 Å². The molecule has 0 unspecified atom stereocenters. The summed E-state index contributed by atoms with van der Waals surface area (Å²) in [6.07, 6.45) is 4.83. The summed E-state index contributed by atoms with van der Waals surface area (Å²) in [5, 5.41) is 14.7. The number of hydrogen-bond donors (Lipinski definition) is 2. The summed E-state index contributed by atoms with van der Waals surface area (Å²) in [4.78, 5) is 14.9. The van der Waals surface area contributed by atoms with Gasteiger partial charge in [0.2, 0.25) is 0 Å². The van der Waals surface area contributed by atoms with Crippen molar-refractivity contribution in [3.8, 4) is 0 Å². The number of hydrogen-bond acceptors (Lipinski definition) is 3. The van der Waals surface area contributed by atoms with Gasteiger partial charge in [0, 0.05) is 36.8 Å². The second kappa shape index (κ2) is 8.00. The van der Waals surface area contributed by atoms with Crippen LogP contribution in [-0.4, -0.2) is 44.3 Å². The van der Waals surface area contributed by atoms with Gasteiger partial charge in [-0.2, -0.15) is 10.2 Å². The number of carbonyl (C=O) groups excluding carboxylic acids is 1. The predicted molar refractivity (Wildman–Crippen MR) is 108 cm³/mol. The number of aromatic nitrogens is 4. The van der Waals surface area contributed by atoms with E-state index < -0.39 is 0 Å². The predicted octanol–water partition coefficient (Wildman–Crippen LogP) is 3.87. The highest BCUT2D eigenvalue weighted by molar-refractivity contribution is 5.92. The van der Waals surface area contributed by atoms with Crippen LogP contribution in [0.3, 0.4) is 0 Å². The molecule has 0 spiro atoms. The Hall–Kier alpha value is -2.89. The van der Waals surface area contributed by atoms with Crippen LogP contribution < -0.4 is 0 Å². The number of piperidine rings is 1. The Morgan fingerprint density at radius 1 is 1.25 bits per heavy atom. The molecule has 1 atom stereocenters. The Kier molecular flexibility index (Phi) is 5.28. The van der Waals surface area contributed by atoms with Crippen molar-refractivity contribution >= 4 is 5.91 Å². The van der Waals surface area contributed by atoms with Gasteiger partial charge in [-0.05, 0) is 36.0 Å². The number of H-pyrrole nitrogens is 2. The summed E-state index contributed by atoms with van der Waals surface area (Å²) in [7, 11) is 0. The van der Waals surface area contributed by atoms with Crippen LogP contribution in [0.25, 0.3) is 0 Å². The zero-order valence-corrected chi connectivity index (χ0v) is 16.5. The largest absolute Gasteiger partial charge is 0.337 e. The molecule has 1 aromatic carbocycles. The maximum atomic E-state index is 12.9. The van der Waals surface area contributed by atoms with Crippen molar-refractivity contribution in [2.24, 2.45) is 0 Å². The van der Waals surface area contributed by atoms with E-state index in [1.54, 1.807) is 0 Å². The van der Waals surface area contributed by atoms with E-state index in [0.29, 0.717) is 18.2 Å². The number of nitrogens with zero attached hydrogens (tertiary/aromatic N) is 3. The van der Waals surface area contributed by atoms with E-state index in [9.17, 15) is 4.79 Å². The van der Waals surface area contributed by atoms with E-state index >= 15 is 0 Å². The molecular weight excluding hydrogens is 350 g/mol. The van der Waals surface area contributed by atoms with Crippen molar-refractivity contribution in [3.05, 3.63) is 70.8 Å². The Morgan fingerprint density at radius 2 is 2.07 bits per heavy atom. The molecule has 1 amide bonds. The number of carbonyl (C=O) groups is 1. The third kappa shape index (κ3) is 3.86. The summed E-state index contributed by atoms with van der Waals surface area (Å²) in [5.74, 6) is 0.619. The van der Waals surface area contributed by atoms with E-state index in [1.165, 1.54) is 11.1 Å². The first-order valence-electron chi connectivity index (χ1n) is 10.0. The van der Waals surface area contributed by atoms with Crippen LogP contribution in [0.2, 0.25) is 0 Å². The first kappa shape index (κ1) is 18.5. The van der Waals surface area contributed by atoms with Gasteiger partial charge >= 0.3 is 0 Å². The molecule has 2 N–H and O–H groups in total. The molecule has 146 valence electrons. The van der Waals surface area contributed by atoms with Gasteiger partial charge in [0.15, 0.2) is 0 Å². The molecule has 0 bridgehead atoms. The number of aromatic amines is 2. The van der Waals surface area contributed by atoms with Gasteiger partial charge in [0.25, 0.3) is 5.91 Å². The van der Waals surface area contributed by atoms with Crippen molar-refractivity contribution in [3.63, 3.8) is 0 Å². The molecule has 28 heavy (non-hydrogen) atoms. The van der Waals surface area contributed by atoms with E-state index in [4.69, 9.17) is 0 Å². The van der Waals surface area contributed by atoms with Crippen LogP contribution in [0.15, 0.2) is 42.6 Å². The van der Waals surface area contributed by atoms with Gasteiger partial charge in [-0.3, -0.25) is 15.0 Å². The number of likely N-dealkylation sites (tertiary alicyclic amines) is 1. The molecule has 0 aliphatic carbocycles. The molecule has 1 aliphatic rings. The van der Waals surface area contributed by atoms with Gasteiger partial charge in [0.05, 0.1) is 6.20 Å². The molecular formula is C22H27N5O. The Labute approximate surface area is 165 Å². The maximum Gasteiger partial charge on any atom is 0.274 e. The fourth-order valence-electron chi connectivity index (χ4n) is 3.93. The van der Waals surface area contributed by atoms with Crippen LogP contribution in [0, 0.1) is 0 Å². The van der Waals surface area contributed by atoms with Gasteiger partial charge in [-0.15, -0.1) is 0 Å². The third-order valence-electron chi connectivity index (χ3n) is 5.54. The summed E-state index contributed by atoms with van der Waals surface area (Å²) >= 11 is 0. The minimum atomic E-state index is 0.0111. The van der Waals surface area contributed by atoms with Crippen LogP contribution in [0.1, 0.15) is 71.5 Å². The molecule has 0 radical (unpaired) electrons. The number of amides is 1. The second-order valence-corrected chi connectivity index (χ2v) is 7.92. The van der Waals surface area contributed by atoms with Crippen LogP contribution in [0.4, 0.5) is 0 Å². The first-order chi connectivity index (χ1) is 13.6. The lowest BCUT2D eigenvalue weighted by Crippen LogP contribution is -2.39. The van der Waals surface area contributed by atoms with E-state index in [0.717, 1.165) is 37.2 Å². The van der Waals surface area contributed by atoms with Crippen molar-refractivity contribution in [1.29, 1.82) is 0 Å². The lowest BCUT2D eigenvalue weighted by molar-refractivity contribution is 0.0699. The summed E-state index contributed by atoms with van der Waals surface area (Å²) in [6, 6.07) is 12.3. The molecule has 4 rings (SSSR count). The lowest BCUT2D eigenvalue weighted by atomic mass is 9.90. The second-order valence-electron chi connectivity index (χ2n) is 7.92. The standard InChI is InChI=1S/C22H27N5O/c1-15(2)19-12-20(25-24-19)22(28)27-10-6-9-17(14-27)21-18(13-23-26-21)11-16-7-4-3-5-8-16/h3-5,7-8,12-13,15,17H,6,9-11,14H2,1-2H3,(H,23,26)(H,24,25)/t17-/m1/s1. The van der Waals surface area contributed by atoms with Crippen molar-refractivity contribution in [1.82, 2.24) is 25.3 Å². The maximum absolute atomic E-state index is 12.9. The monoisotopic (exact) mass is 377 g/mol. The minimum absolute atomic E-state index is 0.0111. The van der Waals surface area contributed by atoms with Gasteiger partial charge < -0.3 is 4.90 Å². The Morgan fingerprint density at radius 3 is 2.82 bits per heavy atom. The van der Waals surface area contributed by atoms with Crippen molar-refractivity contribution in [2.45, 2.75) is 44.9 Å². The number of benzene rings is 1. The zero-order chi connectivity index (χ0) is 19.5. The average Bonchev–Trinajstić information content (AvgIpc) is 3.38. The third-order valence-corrected chi connectivity index (χ3v) is 5.54. The Balaban J connectivity index is 1.48. The SMILES string of the molecule is CC(C)c1cc(C(=O)N2CCC[C@@H](c3[nH]ncc3Cc3ccccc3)C2)n[nH]1. The summed E-state index contributed by atoms with van der Waals surface area (Å²) < 4.78 is 0. The molecule has 3 heterocycles. The number of rotatable bonds is 5. The molecule has 1 fully saturated rings. The fraction of sp³-hybridized carbons (Fsp3) is 0.409. The lowest BCUT2D eigenvalue weighted by Gasteiger charge is -2.32. The molecule has 6 heteroatoms. The quantitative estimate of drug-likeness (QED) is 0.709. The highest BCUT2D eigenvalue weighted by Crippen LogP contribution is 2.29. The molecule has 1 saturated heterocycles.